The van der Waals surface area contributed by atoms with E-state index in [1.54, 1.807) is 48.3 Å². The number of hydrogen-bond acceptors (Lipinski definition) is 4. The topological polar surface area (TPSA) is 61.9 Å². The zero-order valence-electron chi connectivity index (χ0n) is 21.7. The van der Waals surface area contributed by atoms with E-state index in [9.17, 15) is 26.7 Å². The van der Waals surface area contributed by atoms with Gasteiger partial charge in [-0.15, -0.1) is 0 Å². The van der Waals surface area contributed by atoms with Gasteiger partial charge in [-0.25, -0.2) is 13.8 Å². The van der Waals surface area contributed by atoms with Crippen molar-refractivity contribution in [1.82, 2.24) is 19.3 Å². The van der Waals surface area contributed by atoms with E-state index in [2.05, 4.69) is 10.1 Å². The number of nitrogens with zero attached hydrogens (tertiary/aromatic N) is 4. The van der Waals surface area contributed by atoms with E-state index < -0.39 is 29.4 Å². The van der Waals surface area contributed by atoms with Crippen molar-refractivity contribution in [2.45, 2.75) is 57.2 Å². The van der Waals surface area contributed by atoms with Gasteiger partial charge in [-0.05, 0) is 74.1 Å². The van der Waals surface area contributed by atoms with E-state index in [-0.39, 0.29) is 37.2 Å². The largest absolute Gasteiger partial charge is 0.497 e. The van der Waals surface area contributed by atoms with E-state index in [1.807, 2.05) is 0 Å². The molecule has 1 aliphatic carbocycles. The standard InChI is InChI=1S/C29H27F5N4O2/c1-40-24-8-6-22(7-9-24)37-11-10-35-28(37)19(12-18-13-20(30)16-21(31)14-18)15-23(39)17-38-26-5-3-2-4-25(26)27(36-38)29(32,33)34/h6-11,13-14,16,19H,2-5,12,15,17H2,1H3/t19-/m1/s1. The normalized spacial score (nSPS) is 14.2. The van der Waals surface area contributed by atoms with Crippen LogP contribution >= 0.6 is 0 Å². The maximum atomic E-state index is 14.0. The van der Waals surface area contributed by atoms with Crippen LogP contribution < -0.4 is 4.74 Å². The van der Waals surface area contributed by atoms with Crippen LogP contribution in [0, 0.1) is 11.6 Å². The molecule has 0 saturated heterocycles. The van der Waals surface area contributed by atoms with Crippen molar-refractivity contribution < 1.29 is 31.5 Å². The molecule has 0 amide bonds. The van der Waals surface area contributed by atoms with Gasteiger partial charge in [-0.1, -0.05) is 0 Å². The minimum Gasteiger partial charge on any atom is -0.497 e. The average molecular weight is 559 g/mol. The summed E-state index contributed by atoms with van der Waals surface area (Å²) in [7, 11) is 1.55. The molecular formula is C29H27F5N4O2. The number of ether oxygens (including phenoxy) is 1. The predicted molar refractivity (Wildman–Crippen MR) is 136 cm³/mol. The van der Waals surface area contributed by atoms with Crippen LogP contribution in [-0.2, 0) is 36.8 Å². The van der Waals surface area contributed by atoms with Crippen molar-refractivity contribution in [3.8, 4) is 11.4 Å². The van der Waals surface area contributed by atoms with Crippen molar-refractivity contribution >= 4 is 5.78 Å². The number of alkyl halides is 3. The number of fused-ring (bicyclic) bond motifs is 1. The molecule has 2 heterocycles. The van der Waals surface area contributed by atoms with Gasteiger partial charge in [0.2, 0.25) is 0 Å². The van der Waals surface area contributed by atoms with Crippen LogP contribution in [0.1, 0.15) is 53.5 Å². The van der Waals surface area contributed by atoms with E-state index in [1.165, 1.54) is 16.8 Å². The number of rotatable bonds is 9. The van der Waals surface area contributed by atoms with Crippen LogP contribution in [0.5, 0.6) is 5.75 Å². The maximum Gasteiger partial charge on any atom is 0.435 e. The first-order chi connectivity index (χ1) is 19.1. The third-order valence-corrected chi connectivity index (χ3v) is 7.12. The first-order valence-corrected chi connectivity index (χ1v) is 12.9. The fourth-order valence-corrected chi connectivity index (χ4v) is 5.38. The van der Waals surface area contributed by atoms with Crippen molar-refractivity contribution in [3.05, 3.63) is 94.8 Å². The predicted octanol–water partition coefficient (Wildman–Crippen LogP) is 6.24. The molecule has 1 aliphatic rings. The van der Waals surface area contributed by atoms with Crippen LogP contribution in [0.25, 0.3) is 5.69 Å². The lowest BCUT2D eigenvalue weighted by atomic mass is 9.92. The summed E-state index contributed by atoms with van der Waals surface area (Å²) in [5.41, 5.74) is 0.725. The Bertz CT molecular complexity index is 1490. The number of Topliss-reactive ketones (excluding diaryl/α,β-unsaturated/α-hetero) is 1. The fraction of sp³-hybridized carbons (Fsp3) is 0.345. The number of methoxy groups -OCH3 is 1. The zero-order valence-corrected chi connectivity index (χ0v) is 21.7. The summed E-state index contributed by atoms with van der Waals surface area (Å²) in [4.78, 5) is 17.8. The number of imidazole rings is 1. The molecule has 40 heavy (non-hydrogen) atoms. The van der Waals surface area contributed by atoms with Crippen molar-refractivity contribution in [1.29, 1.82) is 0 Å². The minimum absolute atomic E-state index is 0.0819. The monoisotopic (exact) mass is 558 g/mol. The van der Waals surface area contributed by atoms with Gasteiger partial charge in [0, 0.05) is 47.7 Å². The molecule has 2 aromatic carbocycles. The Morgan fingerprint density at radius 1 is 1.05 bits per heavy atom. The molecule has 0 fully saturated rings. The molecular weight excluding hydrogens is 531 g/mol. The highest BCUT2D eigenvalue weighted by atomic mass is 19.4. The number of halogens is 5. The summed E-state index contributed by atoms with van der Waals surface area (Å²) in [6, 6.07) is 10.3. The van der Waals surface area contributed by atoms with Gasteiger partial charge in [0.1, 0.15) is 23.2 Å². The Hall–Kier alpha value is -4.02. The lowest BCUT2D eigenvalue weighted by Crippen LogP contribution is -2.20. The number of benzene rings is 2. The lowest BCUT2D eigenvalue weighted by Gasteiger charge is -2.19. The highest BCUT2D eigenvalue weighted by molar-refractivity contribution is 5.79. The van der Waals surface area contributed by atoms with E-state index >= 15 is 0 Å². The number of hydrogen-bond donors (Lipinski definition) is 0. The summed E-state index contributed by atoms with van der Waals surface area (Å²) in [5.74, 6) is -1.37. The van der Waals surface area contributed by atoms with Gasteiger partial charge in [0.05, 0.1) is 13.7 Å². The second-order valence-corrected chi connectivity index (χ2v) is 9.91. The minimum atomic E-state index is -4.61. The quantitative estimate of drug-likeness (QED) is 0.228. The smallest absolute Gasteiger partial charge is 0.435 e. The Morgan fingerprint density at radius 3 is 2.42 bits per heavy atom. The molecule has 0 unspecified atom stereocenters. The number of carbonyl (C=O) groups is 1. The highest BCUT2D eigenvalue weighted by Crippen LogP contribution is 2.36. The second-order valence-electron chi connectivity index (χ2n) is 9.91. The Kier molecular flexibility index (Phi) is 7.73. The zero-order chi connectivity index (χ0) is 28.4. The molecule has 11 heteroatoms. The molecule has 2 aromatic heterocycles. The van der Waals surface area contributed by atoms with E-state index in [0.717, 1.165) is 18.2 Å². The van der Waals surface area contributed by atoms with Crippen LogP contribution in [0.4, 0.5) is 22.0 Å². The summed E-state index contributed by atoms with van der Waals surface area (Å²) in [6.45, 7) is -0.338. The molecule has 0 saturated carbocycles. The third-order valence-electron chi connectivity index (χ3n) is 7.12. The summed E-state index contributed by atoms with van der Waals surface area (Å²) in [6.07, 6.45) is 0.657. The summed E-state index contributed by atoms with van der Waals surface area (Å²) >= 11 is 0. The van der Waals surface area contributed by atoms with Gasteiger partial charge in [-0.3, -0.25) is 9.48 Å². The van der Waals surface area contributed by atoms with Crippen LogP contribution in [0.15, 0.2) is 54.9 Å². The molecule has 6 nitrogen and oxygen atoms in total. The first-order valence-electron chi connectivity index (χ1n) is 12.9. The molecule has 0 aliphatic heterocycles. The first kappa shape index (κ1) is 27.5. The molecule has 0 spiro atoms. The molecule has 5 rings (SSSR count). The number of ketones is 1. The number of carbonyl (C=O) groups excluding carboxylic acids is 1. The molecule has 0 N–H and O–H groups in total. The van der Waals surface area contributed by atoms with Crippen LogP contribution in [0.2, 0.25) is 0 Å². The third kappa shape index (κ3) is 5.93. The van der Waals surface area contributed by atoms with Crippen LogP contribution in [0.3, 0.4) is 0 Å². The molecule has 1 atom stereocenters. The number of aromatic nitrogens is 4. The highest BCUT2D eigenvalue weighted by Gasteiger charge is 2.39. The fourth-order valence-electron chi connectivity index (χ4n) is 5.38. The Balaban J connectivity index is 1.46. The molecule has 4 aromatic rings. The molecule has 0 bridgehead atoms. The Morgan fingerprint density at radius 2 is 1.75 bits per heavy atom. The van der Waals surface area contributed by atoms with E-state index in [4.69, 9.17) is 4.74 Å². The van der Waals surface area contributed by atoms with Gasteiger partial charge in [0.15, 0.2) is 11.5 Å². The lowest BCUT2D eigenvalue weighted by molar-refractivity contribution is -0.142. The average Bonchev–Trinajstić information content (AvgIpc) is 3.53. The molecule has 210 valence electrons. The SMILES string of the molecule is COc1ccc(-n2ccnc2[C@@H](CC(=O)Cn2nc(C(F)(F)F)c3c2CCCC3)Cc2cc(F)cc(F)c2)cc1. The van der Waals surface area contributed by atoms with Crippen molar-refractivity contribution in [2.24, 2.45) is 0 Å². The van der Waals surface area contributed by atoms with Crippen molar-refractivity contribution in [2.75, 3.05) is 7.11 Å². The van der Waals surface area contributed by atoms with Gasteiger partial charge < -0.3 is 9.30 Å². The summed E-state index contributed by atoms with van der Waals surface area (Å²) in [5, 5.41) is 3.80. The van der Waals surface area contributed by atoms with E-state index in [0.29, 0.717) is 35.7 Å². The molecule has 0 radical (unpaired) electrons. The van der Waals surface area contributed by atoms with Gasteiger partial charge in [0.25, 0.3) is 0 Å². The maximum absolute atomic E-state index is 14.0. The van der Waals surface area contributed by atoms with Gasteiger partial charge in [-0.2, -0.15) is 18.3 Å². The van der Waals surface area contributed by atoms with Crippen LogP contribution in [-0.4, -0.2) is 32.2 Å². The summed E-state index contributed by atoms with van der Waals surface area (Å²) < 4.78 is 77.1. The Labute approximate surface area is 227 Å². The van der Waals surface area contributed by atoms with Gasteiger partial charge >= 0.3 is 6.18 Å². The second kappa shape index (κ2) is 11.2. The van der Waals surface area contributed by atoms with Crippen molar-refractivity contribution in [3.63, 3.8) is 0 Å².